The average molecular weight is 451 g/mol. The van der Waals surface area contributed by atoms with Crippen molar-refractivity contribution in [3.8, 4) is 17.2 Å². The van der Waals surface area contributed by atoms with Crippen LogP contribution in [0.15, 0.2) is 24.5 Å². The van der Waals surface area contributed by atoms with Crippen LogP contribution in [0.4, 0.5) is 0 Å². The highest BCUT2D eigenvalue weighted by molar-refractivity contribution is 7.12. The molecule has 1 aliphatic heterocycles. The lowest BCUT2D eigenvalue weighted by molar-refractivity contribution is 0.0935. The Kier molecular flexibility index (Phi) is 5.82. The molecule has 1 saturated heterocycles. The van der Waals surface area contributed by atoms with Crippen LogP contribution in [0.2, 0.25) is 0 Å². The Hall–Kier alpha value is -2.58. The average Bonchev–Trinajstić information content (AvgIpc) is 3.43. The van der Waals surface area contributed by atoms with E-state index in [4.69, 9.17) is 4.98 Å². The highest BCUT2D eigenvalue weighted by Crippen LogP contribution is 2.42. The minimum atomic E-state index is -0.0353. The molecule has 1 saturated carbocycles. The Bertz CT molecular complexity index is 1130. The van der Waals surface area contributed by atoms with Gasteiger partial charge in [-0.3, -0.25) is 4.79 Å². The van der Waals surface area contributed by atoms with Crippen LogP contribution < -0.4 is 5.32 Å². The van der Waals surface area contributed by atoms with Crippen LogP contribution in [0.3, 0.4) is 0 Å². The summed E-state index contributed by atoms with van der Waals surface area (Å²) >= 11 is 1.77. The number of carbonyl (C=O) groups excluding carboxylic acids is 1. The van der Waals surface area contributed by atoms with Crippen LogP contribution in [0.5, 0.6) is 0 Å². The number of nitrogens with zero attached hydrogens (tertiary/aromatic N) is 5. The molecule has 5 rings (SSSR count). The van der Waals surface area contributed by atoms with E-state index in [-0.39, 0.29) is 5.91 Å². The molecule has 0 radical (unpaired) electrons. The second kappa shape index (κ2) is 8.75. The first-order valence-corrected chi connectivity index (χ1v) is 12.3. The maximum absolute atomic E-state index is 13.1. The zero-order chi connectivity index (χ0) is 22.2. The van der Waals surface area contributed by atoms with Crippen molar-refractivity contribution >= 4 is 17.2 Å². The lowest BCUT2D eigenvalue weighted by Crippen LogP contribution is -2.39. The van der Waals surface area contributed by atoms with Gasteiger partial charge in [0.15, 0.2) is 0 Å². The largest absolute Gasteiger partial charge is 0.352 e. The number of nitrogens with one attached hydrogen (secondary N) is 1. The Labute approximate surface area is 192 Å². The van der Waals surface area contributed by atoms with E-state index in [2.05, 4.69) is 47.3 Å². The summed E-state index contributed by atoms with van der Waals surface area (Å²) in [5, 5.41) is 7.73. The number of aryl methyl sites for hydroxylation is 2. The molecule has 0 spiro atoms. The summed E-state index contributed by atoms with van der Waals surface area (Å²) in [4.78, 5) is 27.2. The van der Waals surface area contributed by atoms with Crippen molar-refractivity contribution in [1.82, 2.24) is 30.0 Å². The first-order valence-electron chi connectivity index (χ1n) is 11.4. The van der Waals surface area contributed by atoms with E-state index < -0.39 is 0 Å². The molecule has 0 bridgehead atoms. The van der Waals surface area contributed by atoms with Gasteiger partial charge in [-0.15, -0.1) is 11.3 Å². The molecular formula is C24H30N6OS. The number of likely N-dealkylation sites (tertiary alicyclic amines) is 1. The predicted octanol–water partition coefficient (Wildman–Crippen LogP) is 3.96. The molecule has 0 aromatic carbocycles. The highest BCUT2D eigenvalue weighted by atomic mass is 32.1. The van der Waals surface area contributed by atoms with Gasteiger partial charge in [0, 0.05) is 40.5 Å². The van der Waals surface area contributed by atoms with Crippen LogP contribution in [-0.4, -0.2) is 57.2 Å². The Morgan fingerprint density at radius 2 is 2.12 bits per heavy atom. The molecule has 3 aromatic rings. The third kappa shape index (κ3) is 4.34. The number of amides is 1. The minimum absolute atomic E-state index is 0.0353. The molecule has 1 aliphatic carbocycles. The molecule has 7 nitrogen and oxygen atoms in total. The SMILES string of the molecule is Cc1cc(-c2ccnc(-n3ncc(C(=O)NCC4CCCN(C)C4)c3C3CC3)n2)c(C)s1. The van der Waals surface area contributed by atoms with Gasteiger partial charge in [-0.25, -0.2) is 14.6 Å². The third-order valence-corrected chi connectivity index (χ3v) is 7.40. The van der Waals surface area contributed by atoms with Gasteiger partial charge in [-0.1, -0.05) is 0 Å². The van der Waals surface area contributed by atoms with E-state index in [1.807, 2.05) is 6.07 Å². The maximum atomic E-state index is 13.1. The Morgan fingerprint density at radius 3 is 2.84 bits per heavy atom. The van der Waals surface area contributed by atoms with E-state index in [9.17, 15) is 4.79 Å². The monoisotopic (exact) mass is 450 g/mol. The summed E-state index contributed by atoms with van der Waals surface area (Å²) in [7, 11) is 2.15. The molecule has 3 aromatic heterocycles. The van der Waals surface area contributed by atoms with E-state index in [1.54, 1.807) is 28.4 Å². The van der Waals surface area contributed by atoms with Crippen molar-refractivity contribution in [3.05, 3.63) is 45.5 Å². The smallest absolute Gasteiger partial charge is 0.254 e. The molecule has 1 unspecified atom stereocenters. The summed E-state index contributed by atoms with van der Waals surface area (Å²) in [6, 6.07) is 4.10. The lowest BCUT2D eigenvalue weighted by Gasteiger charge is -2.29. The van der Waals surface area contributed by atoms with Crippen molar-refractivity contribution in [2.45, 2.75) is 45.4 Å². The Morgan fingerprint density at radius 1 is 1.28 bits per heavy atom. The first kappa shape index (κ1) is 21.3. The number of carbonyl (C=O) groups is 1. The normalized spacial score (nSPS) is 19.3. The number of thiophene rings is 1. The maximum Gasteiger partial charge on any atom is 0.254 e. The number of rotatable bonds is 6. The predicted molar refractivity (Wildman–Crippen MR) is 126 cm³/mol. The standard InChI is InChI=1S/C24H30N6OS/c1-15-11-19(16(2)32-15)21-8-9-25-24(28-21)30-22(18-6-7-18)20(13-27-30)23(31)26-12-17-5-4-10-29(3)14-17/h8-9,11,13,17-18H,4-7,10,12,14H2,1-3H3,(H,26,31). The quantitative estimate of drug-likeness (QED) is 0.615. The van der Waals surface area contributed by atoms with E-state index >= 15 is 0 Å². The molecule has 4 heterocycles. The summed E-state index contributed by atoms with van der Waals surface area (Å²) in [6.07, 6.45) is 7.97. The van der Waals surface area contributed by atoms with Crippen molar-refractivity contribution < 1.29 is 4.79 Å². The van der Waals surface area contributed by atoms with Gasteiger partial charge in [0.2, 0.25) is 0 Å². The van der Waals surface area contributed by atoms with Crippen LogP contribution in [-0.2, 0) is 0 Å². The van der Waals surface area contributed by atoms with Crippen LogP contribution in [0.25, 0.3) is 17.2 Å². The fourth-order valence-corrected chi connectivity index (χ4v) is 5.63. The molecule has 1 N–H and O–H groups in total. The second-order valence-electron chi connectivity index (χ2n) is 9.18. The fraction of sp³-hybridized carbons (Fsp3) is 0.500. The van der Waals surface area contributed by atoms with Gasteiger partial charge in [0.25, 0.3) is 11.9 Å². The zero-order valence-corrected chi connectivity index (χ0v) is 19.8. The Balaban J connectivity index is 1.40. The van der Waals surface area contributed by atoms with Crippen LogP contribution in [0, 0.1) is 19.8 Å². The van der Waals surface area contributed by atoms with E-state index in [1.165, 1.54) is 22.6 Å². The van der Waals surface area contributed by atoms with Gasteiger partial charge in [-0.2, -0.15) is 5.10 Å². The zero-order valence-electron chi connectivity index (χ0n) is 19.0. The summed E-state index contributed by atoms with van der Waals surface area (Å²) < 4.78 is 1.78. The van der Waals surface area contributed by atoms with Crippen molar-refractivity contribution in [1.29, 1.82) is 0 Å². The van der Waals surface area contributed by atoms with Crippen molar-refractivity contribution in [2.75, 3.05) is 26.7 Å². The number of aromatic nitrogens is 4. The van der Waals surface area contributed by atoms with Crippen LogP contribution >= 0.6 is 11.3 Å². The second-order valence-corrected chi connectivity index (χ2v) is 10.6. The number of hydrogen-bond acceptors (Lipinski definition) is 6. The molecule has 2 aliphatic rings. The fourth-order valence-electron chi connectivity index (χ4n) is 4.70. The highest BCUT2D eigenvalue weighted by Gasteiger charge is 2.34. The van der Waals surface area contributed by atoms with Gasteiger partial charge >= 0.3 is 0 Å². The molecule has 2 fully saturated rings. The minimum Gasteiger partial charge on any atom is -0.352 e. The molecule has 1 amide bonds. The van der Waals surface area contributed by atoms with Crippen LogP contribution in [0.1, 0.15) is 57.4 Å². The third-order valence-electron chi connectivity index (χ3n) is 6.44. The number of hydrogen-bond donors (Lipinski definition) is 1. The molecule has 168 valence electrons. The molecule has 8 heteroatoms. The van der Waals surface area contributed by atoms with E-state index in [0.29, 0.717) is 29.9 Å². The molecular weight excluding hydrogens is 420 g/mol. The van der Waals surface area contributed by atoms with Crippen molar-refractivity contribution in [3.63, 3.8) is 0 Å². The lowest BCUT2D eigenvalue weighted by atomic mass is 9.98. The van der Waals surface area contributed by atoms with Gasteiger partial charge in [-0.05, 0) is 71.2 Å². The van der Waals surface area contributed by atoms with Gasteiger partial charge in [0.05, 0.1) is 23.1 Å². The summed E-state index contributed by atoms with van der Waals surface area (Å²) in [6.45, 7) is 7.12. The van der Waals surface area contributed by atoms with Crippen molar-refractivity contribution in [2.24, 2.45) is 5.92 Å². The number of piperidine rings is 1. The summed E-state index contributed by atoms with van der Waals surface area (Å²) in [5.74, 6) is 1.35. The molecule has 32 heavy (non-hydrogen) atoms. The summed E-state index contributed by atoms with van der Waals surface area (Å²) in [5.41, 5.74) is 3.63. The van der Waals surface area contributed by atoms with Gasteiger partial charge in [0.1, 0.15) is 0 Å². The first-order chi connectivity index (χ1) is 15.5. The van der Waals surface area contributed by atoms with E-state index in [0.717, 1.165) is 42.9 Å². The molecule has 1 atom stereocenters. The topological polar surface area (TPSA) is 75.9 Å². The van der Waals surface area contributed by atoms with Gasteiger partial charge < -0.3 is 10.2 Å².